The first-order valence-corrected chi connectivity index (χ1v) is 8.81. The Bertz CT molecular complexity index is 742. The zero-order valence-corrected chi connectivity index (χ0v) is 16.4. The van der Waals surface area contributed by atoms with E-state index >= 15 is 0 Å². The lowest BCUT2D eigenvalue weighted by molar-refractivity contribution is -0.143. The van der Waals surface area contributed by atoms with Crippen LogP contribution in [0.1, 0.15) is 45.6 Å². The number of nitrogens with zero attached hydrogens (tertiary/aromatic N) is 1. The molecule has 0 radical (unpaired) electrons. The van der Waals surface area contributed by atoms with Gasteiger partial charge in [0, 0.05) is 18.4 Å². The highest BCUT2D eigenvalue weighted by Crippen LogP contribution is 2.33. The van der Waals surface area contributed by atoms with Crippen LogP contribution in [0.2, 0.25) is 0 Å². The molecular formula is C19H28N2O7. The molecule has 3 atom stereocenters. The number of rotatable bonds is 8. The van der Waals surface area contributed by atoms with E-state index in [0.29, 0.717) is 5.56 Å². The molecule has 0 heterocycles. The van der Waals surface area contributed by atoms with Crippen molar-refractivity contribution >= 4 is 18.0 Å². The number of benzene rings is 1. The summed E-state index contributed by atoms with van der Waals surface area (Å²) in [7, 11) is 0. The molecule has 2 amide bonds. The first-order valence-electron chi connectivity index (χ1n) is 8.81. The van der Waals surface area contributed by atoms with Gasteiger partial charge in [0.25, 0.3) is 0 Å². The monoisotopic (exact) mass is 396 g/mol. The van der Waals surface area contributed by atoms with Gasteiger partial charge in [-0.05, 0) is 29.5 Å². The van der Waals surface area contributed by atoms with E-state index < -0.39 is 47.0 Å². The summed E-state index contributed by atoms with van der Waals surface area (Å²) in [5.74, 6) is -4.22. The Kier molecular flexibility index (Phi) is 7.26. The van der Waals surface area contributed by atoms with Gasteiger partial charge in [0.05, 0.1) is 0 Å². The lowest BCUT2D eigenvalue weighted by atomic mass is 9.78. The van der Waals surface area contributed by atoms with E-state index in [1.165, 1.54) is 25.1 Å². The molecule has 0 bridgehead atoms. The van der Waals surface area contributed by atoms with Crippen LogP contribution in [0.3, 0.4) is 0 Å². The number of primary amides is 1. The molecule has 9 heteroatoms. The lowest BCUT2D eigenvalue weighted by Crippen LogP contribution is -2.49. The van der Waals surface area contributed by atoms with E-state index in [2.05, 4.69) is 0 Å². The topological polar surface area (TPSA) is 161 Å². The molecule has 9 nitrogen and oxygen atoms in total. The fourth-order valence-electron chi connectivity index (χ4n) is 3.25. The van der Waals surface area contributed by atoms with Crippen molar-refractivity contribution < 1.29 is 34.8 Å². The van der Waals surface area contributed by atoms with Crippen LogP contribution >= 0.6 is 0 Å². The summed E-state index contributed by atoms with van der Waals surface area (Å²) < 4.78 is 0. The third-order valence-corrected chi connectivity index (χ3v) is 4.88. The second-order valence-electron chi connectivity index (χ2n) is 7.91. The Morgan fingerprint density at radius 3 is 2.07 bits per heavy atom. The fourth-order valence-corrected chi connectivity index (χ4v) is 3.25. The van der Waals surface area contributed by atoms with Crippen molar-refractivity contribution in [2.24, 2.45) is 17.1 Å². The number of amides is 2. The quantitative estimate of drug-likeness (QED) is 0.421. The van der Waals surface area contributed by atoms with Crippen LogP contribution in [0.15, 0.2) is 18.2 Å². The molecule has 0 aliphatic heterocycles. The SMILES string of the molecule is CC(c1ccc(O)c(O)c1)C(C(=O)O)N(CCC(C(N)=O)C(C)(C)C)C(=O)O. The van der Waals surface area contributed by atoms with Crippen molar-refractivity contribution in [3.8, 4) is 11.5 Å². The molecule has 0 spiro atoms. The summed E-state index contributed by atoms with van der Waals surface area (Å²) >= 11 is 0. The first-order chi connectivity index (χ1) is 12.8. The highest BCUT2D eigenvalue weighted by Gasteiger charge is 2.37. The number of carbonyl (C=O) groups excluding carboxylic acids is 1. The number of carbonyl (C=O) groups is 3. The Hall–Kier alpha value is -2.97. The highest BCUT2D eigenvalue weighted by molar-refractivity contribution is 5.81. The van der Waals surface area contributed by atoms with E-state index in [9.17, 15) is 34.8 Å². The fraction of sp³-hybridized carbons (Fsp3) is 0.526. The maximum Gasteiger partial charge on any atom is 0.408 e. The number of aliphatic carboxylic acids is 1. The largest absolute Gasteiger partial charge is 0.504 e. The molecule has 1 aromatic carbocycles. The molecule has 6 N–H and O–H groups in total. The summed E-state index contributed by atoms with van der Waals surface area (Å²) in [5, 5.41) is 38.4. The summed E-state index contributed by atoms with van der Waals surface area (Å²) in [4.78, 5) is 36.2. The zero-order valence-electron chi connectivity index (χ0n) is 16.4. The van der Waals surface area contributed by atoms with E-state index in [1.807, 2.05) is 0 Å². The van der Waals surface area contributed by atoms with E-state index in [1.54, 1.807) is 20.8 Å². The third kappa shape index (κ3) is 5.51. The lowest BCUT2D eigenvalue weighted by Gasteiger charge is -2.34. The highest BCUT2D eigenvalue weighted by atomic mass is 16.4. The average Bonchev–Trinajstić information content (AvgIpc) is 2.53. The van der Waals surface area contributed by atoms with Crippen molar-refractivity contribution in [2.75, 3.05) is 6.54 Å². The van der Waals surface area contributed by atoms with Gasteiger partial charge < -0.3 is 26.2 Å². The normalized spacial score (nSPS) is 14.7. The average molecular weight is 396 g/mol. The molecule has 28 heavy (non-hydrogen) atoms. The molecule has 0 saturated heterocycles. The van der Waals surface area contributed by atoms with Crippen LogP contribution in [0.5, 0.6) is 11.5 Å². The maximum atomic E-state index is 11.9. The summed E-state index contributed by atoms with van der Waals surface area (Å²) in [5.41, 5.74) is 5.26. The molecule has 0 aliphatic rings. The van der Waals surface area contributed by atoms with Crippen LogP contribution in [-0.4, -0.2) is 55.9 Å². The van der Waals surface area contributed by atoms with E-state index in [0.717, 1.165) is 4.90 Å². The van der Waals surface area contributed by atoms with E-state index in [4.69, 9.17) is 5.73 Å². The standard InChI is InChI=1S/C19H28N2O7/c1-10(11-5-6-13(22)14(23)9-11)15(17(25)26)21(18(27)28)8-7-12(16(20)24)19(2,3)4/h5-6,9-10,12,15,22-23H,7-8H2,1-4H3,(H2,20,24)(H,25,26)(H,27,28). The van der Waals surface area contributed by atoms with Crippen molar-refractivity contribution in [1.82, 2.24) is 4.90 Å². The predicted octanol–water partition coefficient (Wildman–Crippen LogP) is 2.17. The van der Waals surface area contributed by atoms with Gasteiger partial charge >= 0.3 is 12.1 Å². The van der Waals surface area contributed by atoms with Gasteiger partial charge in [-0.15, -0.1) is 0 Å². The minimum absolute atomic E-state index is 0.0719. The number of hydrogen-bond donors (Lipinski definition) is 5. The van der Waals surface area contributed by atoms with Crippen LogP contribution in [0, 0.1) is 11.3 Å². The number of phenols is 2. The summed E-state index contributed by atoms with van der Waals surface area (Å²) in [6, 6.07) is 2.34. The minimum atomic E-state index is -1.46. The molecule has 156 valence electrons. The van der Waals surface area contributed by atoms with Gasteiger partial charge in [-0.2, -0.15) is 0 Å². The van der Waals surface area contributed by atoms with Crippen molar-refractivity contribution in [3.05, 3.63) is 23.8 Å². The second kappa shape index (κ2) is 8.81. The van der Waals surface area contributed by atoms with Gasteiger partial charge in [0.15, 0.2) is 11.5 Å². The zero-order chi connectivity index (χ0) is 21.8. The molecule has 1 aromatic rings. The molecule has 0 aromatic heterocycles. The van der Waals surface area contributed by atoms with Gasteiger partial charge in [-0.25, -0.2) is 9.59 Å². The van der Waals surface area contributed by atoms with Crippen molar-refractivity contribution in [3.63, 3.8) is 0 Å². The number of carboxylic acids is 1. The Morgan fingerprint density at radius 2 is 1.68 bits per heavy atom. The molecule has 0 saturated carbocycles. The van der Waals surface area contributed by atoms with Crippen LogP contribution in [0.4, 0.5) is 4.79 Å². The number of hydrogen-bond acceptors (Lipinski definition) is 5. The van der Waals surface area contributed by atoms with Crippen molar-refractivity contribution in [2.45, 2.75) is 46.1 Å². The van der Waals surface area contributed by atoms with Gasteiger partial charge in [-0.3, -0.25) is 9.69 Å². The Balaban J connectivity index is 3.18. The summed E-state index contributed by atoms with van der Waals surface area (Å²) in [6.07, 6.45) is -1.37. The smallest absolute Gasteiger partial charge is 0.408 e. The minimum Gasteiger partial charge on any atom is -0.504 e. The molecule has 0 fully saturated rings. The number of carboxylic acid groups (broad SMARTS) is 2. The molecule has 0 aliphatic carbocycles. The predicted molar refractivity (Wildman–Crippen MR) is 101 cm³/mol. The number of nitrogens with two attached hydrogens (primary N) is 1. The third-order valence-electron chi connectivity index (χ3n) is 4.88. The van der Waals surface area contributed by atoms with Crippen LogP contribution < -0.4 is 5.73 Å². The molecule has 1 rings (SSSR count). The Labute approximate surface area is 163 Å². The first kappa shape index (κ1) is 23.1. The van der Waals surface area contributed by atoms with Gasteiger partial charge in [-0.1, -0.05) is 33.8 Å². The van der Waals surface area contributed by atoms with E-state index in [-0.39, 0.29) is 18.7 Å². The maximum absolute atomic E-state index is 11.9. The second-order valence-corrected chi connectivity index (χ2v) is 7.91. The van der Waals surface area contributed by atoms with Crippen molar-refractivity contribution in [1.29, 1.82) is 0 Å². The van der Waals surface area contributed by atoms with Crippen LogP contribution in [-0.2, 0) is 9.59 Å². The number of aromatic hydroxyl groups is 2. The van der Waals surface area contributed by atoms with Gasteiger partial charge in [0.2, 0.25) is 5.91 Å². The molecular weight excluding hydrogens is 368 g/mol. The molecule has 3 unspecified atom stereocenters. The Morgan fingerprint density at radius 1 is 1.11 bits per heavy atom. The summed E-state index contributed by atoms with van der Waals surface area (Å²) in [6.45, 7) is 6.69. The number of phenolic OH excluding ortho intramolecular Hbond substituents is 2. The van der Waals surface area contributed by atoms with Crippen LogP contribution in [0.25, 0.3) is 0 Å². The van der Waals surface area contributed by atoms with Gasteiger partial charge in [0.1, 0.15) is 6.04 Å².